The summed E-state index contributed by atoms with van der Waals surface area (Å²) in [6, 6.07) is 5.41. The number of aliphatic hydroxyl groups excluding tert-OH is 1. The second-order valence-electron chi connectivity index (χ2n) is 3.90. The highest BCUT2D eigenvalue weighted by Gasteiger charge is 2.20. The van der Waals surface area contributed by atoms with Gasteiger partial charge in [0.25, 0.3) is 0 Å². The Labute approximate surface area is 106 Å². The van der Waals surface area contributed by atoms with Crippen molar-refractivity contribution in [3.8, 4) is 6.07 Å². The summed E-state index contributed by atoms with van der Waals surface area (Å²) in [6.45, 7) is 1.52. The molecule has 0 heterocycles. The van der Waals surface area contributed by atoms with Crippen LogP contribution in [0.5, 0.6) is 0 Å². The predicted octanol–water partition coefficient (Wildman–Crippen LogP) is 0.190. The van der Waals surface area contributed by atoms with Gasteiger partial charge in [0.05, 0.1) is 10.5 Å². The molecule has 7 heteroatoms. The zero-order valence-corrected chi connectivity index (χ0v) is 10.7. The summed E-state index contributed by atoms with van der Waals surface area (Å²) in [5.41, 5.74) is 5.82. The van der Waals surface area contributed by atoms with E-state index in [1.54, 1.807) is 13.0 Å². The lowest BCUT2D eigenvalue weighted by Crippen LogP contribution is -2.33. The van der Waals surface area contributed by atoms with Gasteiger partial charge in [0.2, 0.25) is 10.0 Å². The number of hydrogen-bond acceptors (Lipinski definition) is 5. The van der Waals surface area contributed by atoms with Gasteiger partial charge in [-0.1, -0.05) is 0 Å². The van der Waals surface area contributed by atoms with E-state index in [4.69, 9.17) is 16.1 Å². The van der Waals surface area contributed by atoms with Crippen LogP contribution in [0.3, 0.4) is 0 Å². The van der Waals surface area contributed by atoms with Crippen LogP contribution < -0.4 is 10.5 Å². The lowest BCUT2D eigenvalue weighted by Gasteiger charge is -2.13. The maximum absolute atomic E-state index is 12.0. The molecule has 0 amide bonds. The smallest absolute Gasteiger partial charge is 0.242 e. The minimum Gasteiger partial charge on any atom is -0.399 e. The van der Waals surface area contributed by atoms with Gasteiger partial charge in [0, 0.05) is 18.3 Å². The number of nitrogens with one attached hydrogen (secondary N) is 1. The first-order valence-corrected chi connectivity index (χ1v) is 6.82. The Morgan fingerprint density at radius 2 is 2.22 bits per heavy atom. The van der Waals surface area contributed by atoms with E-state index in [0.717, 1.165) is 0 Å². The maximum atomic E-state index is 12.0. The van der Waals surface area contributed by atoms with E-state index in [1.165, 1.54) is 18.2 Å². The van der Waals surface area contributed by atoms with E-state index in [1.807, 2.05) is 0 Å². The van der Waals surface area contributed by atoms with Gasteiger partial charge < -0.3 is 10.8 Å². The van der Waals surface area contributed by atoms with Crippen molar-refractivity contribution in [2.45, 2.75) is 24.3 Å². The molecule has 0 radical (unpaired) electrons. The molecular formula is C11H15N3O3S. The number of nitrogen functional groups attached to an aromatic ring is 1. The summed E-state index contributed by atoms with van der Waals surface area (Å²) in [6.07, 6.45) is 0.302. The Morgan fingerprint density at radius 3 is 2.78 bits per heavy atom. The van der Waals surface area contributed by atoms with E-state index in [9.17, 15) is 8.42 Å². The highest BCUT2D eigenvalue weighted by atomic mass is 32.2. The van der Waals surface area contributed by atoms with E-state index >= 15 is 0 Å². The number of nitriles is 1. The second kappa shape index (κ2) is 5.82. The zero-order chi connectivity index (χ0) is 13.8. The van der Waals surface area contributed by atoms with Crippen molar-refractivity contribution in [2.24, 2.45) is 0 Å². The molecule has 98 valence electrons. The van der Waals surface area contributed by atoms with E-state index < -0.39 is 16.1 Å². The first kappa shape index (κ1) is 14.4. The second-order valence-corrected chi connectivity index (χ2v) is 5.58. The summed E-state index contributed by atoms with van der Waals surface area (Å²) in [5.74, 6) is 0. The fraction of sp³-hybridized carbons (Fsp3) is 0.364. The van der Waals surface area contributed by atoms with Gasteiger partial charge in [-0.3, -0.25) is 0 Å². The molecule has 1 rings (SSSR count). The van der Waals surface area contributed by atoms with Crippen LogP contribution in [0.2, 0.25) is 0 Å². The lowest BCUT2D eigenvalue weighted by atomic mass is 10.2. The Bertz CT molecular complexity index is 563. The van der Waals surface area contributed by atoms with Crippen molar-refractivity contribution >= 4 is 15.7 Å². The highest BCUT2D eigenvalue weighted by Crippen LogP contribution is 2.18. The molecule has 0 saturated heterocycles. The third-order valence-electron chi connectivity index (χ3n) is 2.33. The van der Waals surface area contributed by atoms with Crippen LogP contribution >= 0.6 is 0 Å². The molecule has 6 nitrogen and oxygen atoms in total. The molecule has 4 N–H and O–H groups in total. The summed E-state index contributed by atoms with van der Waals surface area (Å²) >= 11 is 0. The molecule has 0 aliphatic rings. The number of nitrogens with two attached hydrogens (primary N) is 1. The van der Waals surface area contributed by atoms with E-state index in [-0.39, 0.29) is 17.1 Å². The average Bonchev–Trinajstić information content (AvgIpc) is 2.27. The molecule has 1 atom stereocenters. The minimum atomic E-state index is -3.78. The molecule has 0 aliphatic heterocycles. The molecular weight excluding hydrogens is 254 g/mol. The zero-order valence-electron chi connectivity index (χ0n) is 9.92. The fourth-order valence-corrected chi connectivity index (χ4v) is 2.87. The molecule has 0 saturated carbocycles. The number of sulfonamides is 1. The molecule has 0 bridgehead atoms. The van der Waals surface area contributed by atoms with Gasteiger partial charge >= 0.3 is 0 Å². The number of benzene rings is 1. The SMILES string of the molecule is CC(CCO)NS(=O)(=O)c1ccc(N)cc1C#N. The Kier molecular flexibility index (Phi) is 4.67. The number of nitrogens with zero attached hydrogens (tertiary/aromatic N) is 1. The average molecular weight is 269 g/mol. The Hall–Kier alpha value is -1.62. The van der Waals surface area contributed by atoms with Gasteiger partial charge in [-0.25, -0.2) is 13.1 Å². The van der Waals surface area contributed by atoms with Gasteiger partial charge in [-0.15, -0.1) is 0 Å². The van der Waals surface area contributed by atoms with Gasteiger partial charge in [-0.2, -0.15) is 5.26 Å². The lowest BCUT2D eigenvalue weighted by molar-refractivity contribution is 0.275. The van der Waals surface area contributed by atoms with Crippen LogP contribution in [0.15, 0.2) is 23.1 Å². The topological polar surface area (TPSA) is 116 Å². The molecule has 0 spiro atoms. The summed E-state index contributed by atoms with van der Waals surface area (Å²) in [5, 5.41) is 17.6. The number of rotatable bonds is 5. The van der Waals surface area contributed by atoms with Gasteiger partial charge in [0.15, 0.2) is 0 Å². The van der Waals surface area contributed by atoms with Crippen LogP contribution in [0.4, 0.5) is 5.69 Å². The van der Waals surface area contributed by atoms with E-state index in [2.05, 4.69) is 4.72 Å². The Balaban J connectivity index is 3.10. The first-order valence-electron chi connectivity index (χ1n) is 5.33. The normalized spacial score (nSPS) is 12.9. The molecule has 1 aromatic carbocycles. The first-order chi connectivity index (χ1) is 8.40. The summed E-state index contributed by atoms with van der Waals surface area (Å²) < 4.78 is 26.4. The molecule has 0 fully saturated rings. The van der Waals surface area contributed by atoms with Crippen molar-refractivity contribution in [3.63, 3.8) is 0 Å². The maximum Gasteiger partial charge on any atom is 0.242 e. The largest absolute Gasteiger partial charge is 0.399 e. The predicted molar refractivity (Wildman–Crippen MR) is 67.1 cm³/mol. The number of hydrogen-bond donors (Lipinski definition) is 3. The van der Waals surface area contributed by atoms with Crippen molar-refractivity contribution in [1.29, 1.82) is 5.26 Å². The van der Waals surface area contributed by atoms with Gasteiger partial charge in [-0.05, 0) is 31.5 Å². The van der Waals surface area contributed by atoms with Crippen LogP contribution in [0.25, 0.3) is 0 Å². The molecule has 1 unspecified atom stereocenters. The summed E-state index contributed by atoms with van der Waals surface area (Å²) in [4.78, 5) is -0.107. The summed E-state index contributed by atoms with van der Waals surface area (Å²) in [7, 11) is -3.78. The minimum absolute atomic E-state index is 0.00121. The van der Waals surface area contributed by atoms with E-state index in [0.29, 0.717) is 12.1 Å². The van der Waals surface area contributed by atoms with Crippen LogP contribution in [0, 0.1) is 11.3 Å². The molecule has 0 aliphatic carbocycles. The molecule has 1 aromatic rings. The third-order valence-corrected chi connectivity index (χ3v) is 3.98. The molecule has 0 aromatic heterocycles. The van der Waals surface area contributed by atoms with Crippen molar-refractivity contribution in [2.75, 3.05) is 12.3 Å². The monoisotopic (exact) mass is 269 g/mol. The quantitative estimate of drug-likeness (QED) is 0.660. The third kappa shape index (κ3) is 3.43. The van der Waals surface area contributed by atoms with Crippen molar-refractivity contribution < 1.29 is 13.5 Å². The molecule has 18 heavy (non-hydrogen) atoms. The standard InChI is InChI=1S/C11H15N3O3S/c1-8(4-5-15)14-18(16,17)11-3-2-10(13)6-9(11)7-12/h2-3,6,8,14-15H,4-5,13H2,1H3. The van der Waals surface area contributed by atoms with Crippen molar-refractivity contribution in [3.05, 3.63) is 23.8 Å². The Morgan fingerprint density at radius 1 is 1.56 bits per heavy atom. The fourth-order valence-electron chi connectivity index (χ4n) is 1.45. The van der Waals surface area contributed by atoms with Gasteiger partial charge in [0.1, 0.15) is 6.07 Å². The van der Waals surface area contributed by atoms with Crippen LogP contribution in [-0.2, 0) is 10.0 Å². The number of aliphatic hydroxyl groups is 1. The van der Waals surface area contributed by atoms with Crippen LogP contribution in [-0.4, -0.2) is 26.2 Å². The van der Waals surface area contributed by atoms with Crippen molar-refractivity contribution in [1.82, 2.24) is 4.72 Å². The number of anilines is 1. The highest BCUT2D eigenvalue weighted by molar-refractivity contribution is 7.89. The van der Waals surface area contributed by atoms with Crippen LogP contribution in [0.1, 0.15) is 18.9 Å².